The molecule has 0 aromatic rings. The second-order valence-electron chi connectivity index (χ2n) is 1.46. The molecule has 0 spiro atoms. The highest BCUT2D eigenvalue weighted by Crippen LogP contribution is 2.24. The van der Waals surface area contributed by atoms with Gasteiger partial charge in [-0.05, 0) is 0 Å². The van der Waals surface area contributed by atoms with Crippen LogP contribution in [0.3, 0.4) is 0 Å². The Hall–Kier alpha value is -0.0900. The molecule has 1 aliphatic heterocycles. The predicted octanol–water partition coefficient (Wildman–Crippen LogP) is -0.333. The summed E-state index contributed by atoms with van der Waals surface area (Å²) < 4.78 is 20.3. The number of hydrogen-bond acceptors (Lipinski definition) is 3. The van der Waals surface area contributed by atoms with Crippen molar-refractivity contribution in [2.45, 2.75) is 6.42 Å². The Kier molecular flexibility index (Phi) is 0.864. The summed E-state index contributed by atoms with van der Waals surface area (Å²) in [5, 5.41) is 8.30. The van der Waals surface area contributed by atoms with Crippen LogP contribution in [0, 0.1) is 5.44 Å². The van der Waals surface area contributed by atoms with Crippen LogP contribution in [0.1, 0.15) is 6.42 Å². The lowest BCUT2D eigenvalue weighted by Crippen LogP contribution is -2.28. The van der Waals surface area contributed by atoms with E-state index < -0.39 is 9.84 Å². The zero-order chi connectivity index (χ0) is 5.49. The minimum atomic E-state index is -3.09. The summed E-state index contributed by atoms with van der Waals surface area (Å²) in [6.45, 7) is 0. The average Bonchev–Trinajstić information content (AvgIpc) is 1.63. The highest BCUT2D eigenvalue weighted by Gasteiger charge is 2.34. The highest BCUT2D eigenvalue weighted by atomic mass is 32.2. The van der Waals surface area contributed by atoms with Crippen LogP contribution < -0.4 is 0 Å². The normalized spacial score (nSPS) is 29.3. The number of aliphatic hydroxyl groups excluding tert-OH is 1. The zero-order valence-electron chi connectivity index (χ0n) is 3.59. The maximum atomic E-state index is 10.1. The summed E-state index contributed by atoms with van der Waals surface area (Å²) in [5.74, 6) is 0.124. The Morgan fingerprint density at radius 1 is 1.57 bits per heavy atom. The summed E-state index contributed by atoms with van der Waals surface area (Å²) in [4.78, 5) is 0. The van der Waals surface area contributed by atoms with E-state index in [0.717, 1.165) is 0 Å². The lowest BCUT2D eigenvalue weighted by atomic mass is 10.5. The van der Waals surface area contributed by atoms with Crippen molar-refractivity contribution in [3.8, 4) is 0 Å². The lowest BCUT2D eigenvalue weighted by Gasteiger charge is -2.17. The van der Waals surface area contributed by atoms with Crippen molar-refractivity contribution in [2.75, 3.05) is 5.75 Å². The topological polar surface area (TPSA) is 54.4 Å². The van der Waals surface area contributed by atoms with Gasteiger partial charge in [0, 0.05) is 6.42 Å². The van der Waals surface area contributed by atoms with Crippen LogP contribution in [0.15, 0.2) is 0 Å². The van der Waals surface area contributed by atoms with Crippen LogP contribution in [0.5, 0.6) is 0 Å². The van der Waals surface area contributed by atoms with E-state index in [1.165, 1.54) is 0 Å². The molecule has 0 aromatic carbocycles. The second kappa shape index (κ2) is 1.20. The standard InChI is InChI=1S/C3H5O3S/c4-3-1-2-7(3,5)6/h4H,1-2H2. The SMILES string of the molecule is O=S1(=O)CC[C]1O. The van der Waals surface area contributed by atoms with Crippen LogP contribution >= 0.6 is 0 Å². The largest absolute Gasteiger partial charge is 0.371 e. The Labute approximate surface area is 41.9 Å². The number of hydrogen-bond donors (Lipinski definition) is 1. The molecule has 0 aromatic heterocycles. The van der Waals surface area contributed by atoms with Gasteiger partial charge in [-0.3, -0.25) is 0 Å². The zero-order valence-corrected chi connectivity index (χ0v) is 4.40. The van der Waals surface area contributed by atoms with Gasteiger partial charge < -0.3 is 5.11 Å². The molecular weight excluding hydrogens is 116 g/mol. The van der Waals surface area contributed by atoms with Gasteiger partial charge in [0.1, 0.15) is 0 Å². The van der Waals surface area contributed by atoms with Gasteiger partial charge in [0.15, 0.2) is 9.84 Å². The Morgan fingerprint density at radius 3 is 2.00 bits per heavy atom. The summed E-state index contributed by atoms with van der Waals surface area (Å²) in [6.07, 6.45) is 0.336. The molecule has 7 heavy (non-hydrogen) atoms. The summed E-state index contributed by atoms with van der Waals surface area (Å²) >= 11 is 0. The van der Waals surface area contributed by atoms with E-state index in [1.54, 1.807) is 0 Å². The van der Waals surface area contributed by atoms with E-state index in [9.17, 15) is 8.42 Å². The molecular formula is C3H5O3S. The molecule has 1 aliphatic rings. The van der Waals surface area contributed by atoms with Crippen molar-refractivity contribution >= 4 is 9.84 Å². The molecule has 1 saturated heterocycles. The van der Waals surface area contributed by atoms with Crippen LogP contribution in [0.4, 0.5) is 0 Å². The first-order chi connectivity index (χ1) is 3.13. The van der Waals surface area contributed by atoms with Crippen LogP contribution in [0.25, 0.3) is 0 Å². The second-order valence-corrected chi connectivity index (χ2v) is 3.57. The molecule has 0 atom stereocenters. The smallest absolute Gasteiger partial charge is 0.210 e. The van der Waals surface area contributed by atoms with Crippen molar-refractivity contribution in [3.05, 3.63) is 5.44 Å². The molecule has 0 aliphatic carbocycles. The Morgan fingerprint density at radius 2 is 2.00 bits per heavy atom. The Balaban J connectivity index is 2.79. The van der Waals surface area contributed by atoms with Gasteiger partial charge in [-0.1, -0.05) is 0 Å². The molecule has 4 heteroatoms. The van der Waals surface area contributed by atoms with Gasteiger partial charge in [0.05, 0.1) is 5.75 Å². The highest BCUT2D eigenvalue weighted by molar-refractivity contribution is 7.95. The van der Waals surface area contributed by atoms with Crippen LogP contribution in [0.2, 0.25) is 0 Å². The molecule has 0 unspecified atom stereocenters. The van der Waals surface area contributed by atoms with Crippen molar-refractivity contribution in [1.29, 1.82) is 0 Å². The molecule has 0 bridgehead atoms. The minimum absolute atomic E-state index is 0.124. The third-order valence-electron chi connectivity index (χ3n) is 0.944. The number of rotatable bonds is 0. The lowest BCUT2D eigenvalue weighted by molar-refractivity contribution is 0.324. The van der Waals surface area contributed by atoms with Gasteiger partial charge in [0.25, 0.3) is 0 Å². The van der Waals surface area contributed by atoms with Gasteiger partial charge in [-0.2, -0.15) is 0 Å². The van der Waals surface area contributed by atoms with Crippen molar-refractivity contribution < 1.29 is 13.5 Å². The first-order valence-corrected chi connectivity index (χ1v) is 3.56. The van der Waals surface area contributed by atoms with Gasteiger partial charge in [-0.15, -0.1) is 0 Å². The quantitative estimate of drug-likeness (QED) is 0.477. The van der Waals surface area contributed by atoms with Gasteiger partial charge in [0.2, 0.25) is 5.44 Å². The van der Waals surface area contributed by atoms with E-state index in [4.69, 9.17) is 5.11 Å². The predicted molar refractivity (Wildman–Crippen MR) is 23.6 cm³/mol. The van der Waals surface area contributed by atoms with E-state index in [2.05, 4.69) is 0 Å². The van der Waals surface area contributed by atoms with E-state index in [0.29, 0.717) is 6.42 Å². The third kappa shape index (κ3) is 0.637. The Bertz CT molecular complexity index is 157. The first kappa shape index (κ1) is 5.05. The maximum Gasteiger partial charge on any atom is 0.210 e. The fraction of sp³-hybridized carbons (Fsp3) is 0.667. The molecule has 0 saturated carbocycles. The van der Waals surface area contributed by atoms with E-state index in [1.807, 2.05) is 0 Å². The fourth-order valence-electron chi connectivity index (χ4n) is 0.360. The van der Waals surface area contributed by atoms with Crippen molar-refractivity contribution in [2.24, 2.45) is 0 Å². The summed E-state index contributed by atoms with van der Waals surface area (Å²) in [6, 6.07) is 0. The molecule has 1 N–H and O–H groups in total. The van der Waals surface area contributed by atoms with Gasteiger partial charge >= 0.3 is 0 Å². The number of aliphatic hydroxyl groups is 1. The average molecular weight is 121 g/mol. The molecule has 41 valence electrons. The minimum Gasteiger partial charge on any atom is -0.371 e. The first-order valence-electron chi connectivity index (χ1n) is 1.90. The van der Waals surface area contributed by atoms with Crippen LogP contribution in [-0.4, -0.2) is 19.3 Å². The van der Waals surface area contributed by atoms with Crippen LogP contribution in [-0.2, 0) is 9.84 Å². The molecule has 1 radical (unpaired) electrons. The van der Waals surface area contributed by atoms with E-state index >= 15 is 0 Å². The third-order valence-corrected chi connectivity index (χ3v) is 2.61. The summed E-state index contributed by atoms with van der Waals surface area (Å²) in [5.41, 5.74) is -0.354. The molecule has 1 heterocycles. The maximum absolute atomic E-state index is 10.1. The molecule has 1 fully saturated rings. The van der Waals surface area contributed by atoms with E-state index in [-0.39, 0.29) is 11.2 Å². The summed E-state index contributed by atoms with van der Waals surface area (Å²) in [7, 11) is -3.09. The molecule has 3 nitrogen and oxygen atoms in total. The molecule has 1 rings (SSSR count). The monoisotopic (exact) mass is 121 g/mol. The van der Waals surface area contributed by atoms with Crippen molar-refractivity contribution in [1.82, 2.24) is 0 Å². The fourth-order valence-corrected chi connectivity index (χ4v) is 1.08. The molecule has 0 amide bonds. The van der Waals surface area contributed by atoms with Crippen molar-refractivity contribution in [3.63, 3.8) is 0 Å². The number of sulfone groups is 1. The van der Waals surface area contributed by atoms with Gasteiger partial charge in [-0.25, -0.2) is 8.42 Å².